The van der Waals surface area contributed by atoms with Crippen LogP contribution >= 0.6 is 0 Å². The van der Waals surface area contributed by atoms with Gasteiger partial charge in [0.2, 0.25) is 0 Å². The zero-order valence-corrected chi connectivity index (χ0v) is 10.1. The van der Waals surface area contributed by atoms with Crippen LogP contribution in [0.1, 0.15) is 24.8 Å². The van der Waals surface area contributed by atoms with Crippen molar-refractivity contribution in [2.75, 3.05) is 13.7 Å². The molecule has 1 saturated heterocycles. The largest absolute Gasteiger partial charge is 0.496 e. The lowest BCUT2D eigenvalue weighted by molar-refractivity contribution is -0.132. The lowest BCUT2D eigenvalue weighted by atomic mass is 9.99. The highest BCUT2D eigenvalue weighted by Gasteiger charge is 2.22. The molecule has 0 N–H and O–H groups in total. The van der Waals surface area contributed by atoms with Gasteiger partial charge in [0.15, 0.2) is 5.78 Å². The third-order valence-electron chi connectivity index (χ3n) is 3.10. The van der Waals surface area contributed by atoms with Crippen LogP contribution in [0, 0.1) is 0 Å². The lowest BCUT2D eigenvalue weighted by Gasteiger charge is -2.21. The minimum atomic E-state index is -0.214. The van der Waals surface area contributed by atoms with Crippen molar-refractivity contribution in [3.05, 3.63) is 29.8 Å². The number of ketones is 1. The summed E-state index contributed by atoms with van der Waals surface area (Å²) in [6.07, 6.45) is 3.19. The molecule has 1 fully saturated rings. The standard InChI is InChI=1S/C14H18O3/c1-16-13-7-3-2-6-11(13)10-12(15)14-8-4-5-9-17-14/h2-3,6-7,14H,4-5,8-10H2,1H3. The van der Waals surface area contributed by atoms with E-state index in [1.54, 1.807) is 7.11 Å². The van der Waals surface area contributed by atoms with Crippen LogP contribution in [0.15, 0.2) is 24.3 Å². The Morgan fingerprint density at radius 2 is 2.24 bits per heavy atom. The Balaban J connectivity index is 2.01. The fraction of sp³-hybridized carbons (Fsp3) is 0.500. The highest BCUT2D eigenvalue weighted by atomic mass is 16.5. The van der Waals surface area contributed by atoms with Crippen molar-refractivity contribution in [3.8, 4) is 5.75 Å². The maximum absolute atomic E-state index is 12.1. The van der Waals surface area contributed by atoms with Crippen LogP contribution in [0.4, 0.5) is 0 Å². The molecule has 3 heteroatoms. The fourth-order valence-corrected chi connectivity index (χ4v) is 2.15. The minimum Gasteiger partial charge on any atom is -0.496 e. The Bertz CT molecular complexity index is 381. The summed E-state index contributed by atoms with van der Waals surface area (Å²) in [4.78, 5) is 12.1. The molecule has 0 amide bonds. The summed E-state index contributed by atoms with van der Waals surface area (Å²) in [5.74, 6) is 0.936. The van der Waals surface area contributed by atoms with Crippen molar-refractivity contribution in [1.82, 2.24) is 0 Å². The van der Waals surface area contributed by atoms with Gasteiger partial charge in [-0.3, -0.25) is 4.79 Å². The van der Waals surface area contributed by atoms with Crippen LogP contribution in [0.2, 0.25) is 0 Å². The van der Waals surface area contributed by atoms with E-state index in [0.717, 1.165) is 30.6 Å². The topological polar surface area (TPSA) is 35.5 Å². The Hall–Kier alpha value is -1.35. The first-order valence-electron chi connectivity index (χ1n) is 6.07. The van der Waals surface area contributed by atoms with E-state index in [1.807, 2.05) is 24.3 Å². The third kappa shape index (κ3) is 3.07. The van der Waals surface area contributed by atoms with Gasteiger partial charge in [0.1, 0.15) is 11.9 Å². The molecular weight excluding hydrogens is 216 g/mol. The summed E-state index contributed by atoms with van der Waals surface area (Å²) in [6.45, 7) is 0.711. The number of hydrogen-bond donors (Lipinski definition) is 0. The van der Waals surface area contributed by atoms with Gasteiger partial charge in [0.25, 0.3) is 0 Å². The van der Waals surface area contributed by atoms with Gasteiger partial charge in [-0.25, -0.2) is 0 Å². The summed E-state index contributed by atoms with van der Waals surface area (Å²) in [5.41, 5.74) is 0.939. The van der Waals surface area contributed by atoms with E-state index in [0.29, 0.717) is 13.0 Å². The van der Waals surface area contributed by atoms with Crippen molar-refractivity contribution >= 4 is 5.78 Å². The molecule has 1 aromatic carbocycles. The number of para-hydroxylation sites is 1. The van der Waals surface area contributed by atoms with Gasteiger partial charge in [0.05, 0.1) is 7.11 Å². The first kappa shape index (κ1) is 12.1. The average Bonchev–Trinajstić information content (AvgIpc) is 2.40. The Morgan fingerprint density at radius 3 is 2.94 bits per heavy atom. The SMILES string of the molecule is COc1ccccc1CC(=O)C1CCCCO1. The van der Waals surface area contributed by atoms with Crippen molar-refractivity contribution in [3.63, 3.8) is 0 Å². The molecule has 3 nitrogen and oxygen atoms in total. The van der Waals surface area contributed by atoms with Gasteiger partial charge < -0.3 is 9.47 Å². The van der Waals surface area contributed by atoms with E-state index in [-0.39, 0.29) is 11.9 Å². The fourth-order valence-electron chi connectivity index (χ4n) is 2.15. The second-order valence-electron chi connectivity index (χ2n) is 4.31. The van der Waals surface area contributed by atoms with Crippen LogP contribution in [-0.4, -0.2) is 25.6 Å². The molecule has 1 aromatic rings. The van der Waals surface area contributed by atoms with E-state index in [2.05, 4.69) is 0 Å². The quantitative estimate of drug-likeness (QED) is 0.802. The van der Waals surface area contributed by atoms with Crippen LogP contribution in [0.25, 0.3) is 0 Å². The number of carbonyl (C=O) groups is 1. The molecule has 0 saturated carbocycles. The Kier molecular flexibility index (Phi) is 4.15. The Morgan fingerprint density at radius 1 is 1.41 bits per heavy atom. The zero-order chi connectivity index (χ0) is 12.1. The monoisotopic (exact) mass is 234 g/mol. The first-order valence-corrected chi connectivity index (χ1v) is 6.07. The molecule has 0 radical (unpaired) electrons. The highest BCUT2D eigenvalue weighted by Crippen LogP contribution is 2.21. The van der Waals surface area contributed by atoms with E-state index >= 15 is 0 Å². The molecule has 0 aromatic heterocycles. The van der Waals surface area contributed by atoms with E-state index < -0.39 is 0 Å². The second kappa shape index (κ2) is 5.82. The van der Waals surface area contributed by atoms with Gasteiger partial charge in [-0.1, -0.05) is 18.2 Å². The molecule has 1 unspecified atom stereocenters. The zero-order valence-electron chi connectivity index (χ0n) is 10.1. The number of carbonyl (C=O) groups excluding carboxylic acids is 1. The van der Waals surface area contributed by atoms with Gasteiger partial charge in [-0.2, -0.15) is 0 Å². The van der Waals surface area contributed by atoms with Gasteiger partial charge in [-0.05, 0) is 25.3 Å². The van der Waals surface area contributed by atoms with Crippen molar-refractivity contribution < 1.29 is 14.3 Å². The lowest BCUT2D eigenvalue weighted by Crippen LogP contribution is -2.29. The second-order valence-corrected chi connectivity index (χ2v) is 4.31. The summed E-state index contributed by atoms with van der Waals surface area (Å²) in [6, 6.07) is 7.64. The number of Topliss-reactive ketones (excluding diaryl/α,β-unsaturated/α-hetero) is 1. The Labute approximate surface area is 102 Å². The molecule has 92 valence electrons. The number of methoxy groups -OCH3 is 1. The summed E-state index contributed by atoms with van der Waals surface area (Å²) in [5, 5.41) is 0. The van der Waals surface area contributed by atoms with E-state index in [9.17, 15) is 4.79 Å². The third-order valence-corrected chi connectivity index (χ3v) is 3.10. The van der Waals surface area contributed by atoms with Gasteiger partial charge in [0, 0.05) is 18.6 Å². The van der Waals surface area contributed by atoms with Crippen molar-refractivity contribution in [1.29, 1.82) is 0 Å². The number of hydrogen-bond acceptors (Lipinski definition) is 3. The molecule has 17 heavy (non-hydrogen) atoms. The first-order chi connectivity index (χ1) is 8.31. The predicted molar refractivity (Wildman–Crippen MR) is 65.3 cm³/mol. The minimum absolute atomic E-state index is 0.161. The van der Waals surface area contributed by atoms with Crippen molar-refractivity contribution in [2.24, 2.45) is 0 Å². The smallest absolute Gasteiger partial charge is 0.166 e. The number of benzene rings is 1. The van der Waals surface area contributed by atoms with Crippen LogP contribution < -0.4 is 4.74 Å². The molecule has 0 aliphatic carbocycles. The van der Waals surface area contributed by atoms with Crippen molar-refractivity contribution in [2.45, 2.75) is 31.8 Å². The maximum atomic E-state index is 12.1. The van der Waals surface area contributed by atoms with Gasteiger partial charge >= 0.3 is 0 Å². The summed E-state index contributed by atoms with van der Waals surface area (Å²) < 4.78 is 10.7. The maximum Gasteiger partial charge on any atom is 0.166 e. The molecule has 2 rings (SSSR count). The average molecular weight is 234 g/mol. The van der Waals surface area contributed by atoms with E-state index in [4.69, 9.17) is 9.47 Å². The number of rotatable bonds is 4. The number of ether oxygens (including phenoxy) is 2. The predicted octanol–water partition coefficient (Wildman–Crippen LogP) is 2.38. The summed E-state index contributed by atoms with van der Waals surface area (Å²) in [7, 11) is 1.63. The molecule has 0 spiro atoms. The molecule has 0 bridgehead atoms. The normalized spacial score (nSPS) is 19.9. The molecule has 1 atom stereocenters. The van der Waals surface area contributed by atoms with Gasteiger partial charge in [-0.15, -0.1) is 0 Å². The molecule has 1 heterocycles. The molecular formula is C14H18O3. The van der Waals surface area contributed by atoms with Crippen LogP contribution in [0.3, 0.4) is 0 Å². The summed E-state index contributed by atoms with van der Waals surface area (Å²) >= 11 is 0. The van der Waals surface area contributed by atoms with E-state index in [1.165, 1.54) is 0 Å². The molecule has 1 aliphatic rings. The van der Waals surface area contributed by atoms with Crippen LogP contribution in [-0.2, 0) is 16.0 Å². The van der Waals surface area contributed by atoms with Crippen LogP contribution in [0.5, 0.6) is 5.75 Å². The molecule has 1 aliphatic heterocycles. The highest BCUT2D eigenvalue weighted by molar-refractivity contribution is 5.85.